The van der Waals surface area contributed by atoms with Crippen LogP contribution in [0.4, 0.5) is 9.59 Å². The molecule has 0 aromatic rings. The van der Waals surface area contributed by atoms with Crippen molar-refractivity contribution in [2.75, 3.05) is 7.05 Å². The van der Waals surface area contributed by atoms with Gasteiger partial charge in [-0.25, -0.2) is 14.5 Å². The number of nitrogens with one attached hydrogen (secondary N) is 2. The molecule has 4 amide bonds. The number of carbonyl (C=O) groups is 2. The summed E-state index contributed by atoms with van der Waals surface area (Å²) in [6, 6.07) is -1.55. The van der Waals surface area contributed by atoms with Gasteiger partial charge in [-0.2, -0.15) is 5.06 Å². The van der Waals surface area contributed by atoms with E-state index in [-0.39, 0.29) is 6.04 Å². The van der Waals surface area contributed by atoms with Gasteiger partial charge in [-0.15, -0.1) is 0 Å². The zero-order valence-corrected chi connectivity index (χ0v) is 8.31. The van der Waals surface area contributed by atoms with Crippen molar-refractivity contribution in [3.05, 3.63) is 0 Å². The maximum absolute atomic E-state index is 11.4. The fourth-order valence-electron chi connectivity index (χ4n) is 1.21. The summed E-state index contributed by atoms with van der Waals surface area (Å²) >= 11 is 0. The Hall–Kier alpha value is -1.34. The Kier molecular flexibility index (Phi) is 2.92. The zero-order valence-electron chi connectivity index (χ0n) is 8.31. The smallest absolute Gasteiger partial charge is 0.303 e. The van der Waals surface area contributed by atoms with E-state index >= 15 is 0 Å². The minimum atomic E-state index is -0.870. The zero-order chi connectivity index (χ0) is 10.9. The summed E-state index contributed by atoms with van der Waals surface area (Å²) in [7, 11) is 1.52. The van der Waals surface area contributed by atoms with Gasteiger partial charge in [0.2, 0.25) is 0 Å². The van der Waals surface area contributed by atoms with Gasteiger partial charge in [0.15, 0.2) is 6.29 Å². The van der Waals surface area contributed by atoms with Crippen molar-refractivity contribution in [3.8, 4) is 0 Å². The first-order chi connectivity index (χ1) is 6.49. The number of carbonyl (C=O) groups excluding carboxylic acids is 2. The number of amides is 4. The van der Waals surface area contributed by atoms with Crippen LogP contribution in [0.3, 0.4) is 0 Å². The summed E-state index contributed by atoms with van der Waals surface area (Å²) in [5.41, 5.74) is 0. The van der Waals surface area contributed by atoms with Crippen molar-refractivity contribution in [2.45, 2.75) is 26.2 Å². The van der Waals surface area contributed by atoms with E-state index < -0.39 is 18.4 Å². The quantitative estimate of drug-likeness (QED) is 0.538. The van der Waals surface area contributed by atoms with E-state index in [4.69, 9.17) is 0 Å². The minimum absolute atomic E-state index is 0.296. The molecule has 1 unspecified atom stereocenters. The van der Waals surface area contributed by atoms with Crippen LogP contribution in [0.5, 0.6) is 0 Å². The number of hydroxylamine groups is 2. The van der Waals surface area contributed by atoms with E-state index in [0.717, 1.165) is 4.90 Å². The fraction of sp³-hybridized carbons (Fsp3) is 0.714. The average molecular weight is 202 g/mol. The topological polar surface area (TPSA) is 84.9 Å². The molecule has 80 valence electrons. The highest BCUT2D eigenvalue weighted by Crippen LogP contribution is 2.09. The van der Waals surface area contributed by atoms with Crippen molar-refractivity contribution in [1.82, 2.24) is 20.6 Å². The molecule has 1 aliphatic heterocycles. The van der Waals surface area contributed by atoms with E-state index in [1.165, 1.54) is 7.05 Å². The largest absolute Gasteiger partial charge is 0.355 e. The number of nitrogens with zero attached hydrogens (tertiary/aromatic N) is 2. The van der Waals surface area contributed by atoms with E-state index in [1.807, 2.05) is 0 Å². The third-order valence-electron chi connectivity index (χ3n) is 1.92. The lowest BCUT2D eigenvalue weighted by Crippen LogP contribution is -2.68. The summed E-state index contributed by atoms with van der Waals surface area (Å²) in [6.07, 6.45) is -0.870. The summed E-state index contributed by atoms with van der Waals surface area (Å²) in [5.74, 6) is 0. The lowest BCUT2D eigenvalue weighted by Gasteiger charge is -2.38. The molecule has 3 N–H and O–H groups in total. The van der Waals surface area contributed by atoms with Crippen LogP contribution in [0, 0.1) is 0 Å². The Bertz CT molecular complexity index is 255. The van der Waals surface area contributed by atoms with Crippen molar-refractivity contribution >= 4 is 12.1 Å². The van der Waals surface area contributed by atoms with E-state index in [9.17, 15) is 14.8 Å². The van der Waals surface area contributed by atoms with Gasteiger partial charge in [0.05, 0.1) is 0 Å². The monoisotopic (exact) mass is 202 g/mol. The molecule has 0 spiro atoms. The Morgan fingerprint density at radius 1 is 1.50 bits per heavy atom. The van der Waals surface area contributed by atoms with E-state index in [1.54, 1.807) is 13.8 Å². The maximum Gasteiger partial charge on any atom is 0.355 e. The first-order valence-electron chi connectivity index (χ1n) is 4.28. The molecule has 7 heteroatoms. The summed E-state index contributed by atoms with van der Waals surface area (Å²) in [6.45, 7) is 3.37. The second-order valence-electron chi connectivity index (χ2n) is 3.23. The second kappa shape index (κ2) is 3.81. The highest BCUT2D eigenvalue weighted by molar-refractivity contribution is 5.95. The Morgan fingerprint density at radius 3 is 2.50 bits per heavy atom. The van der Waals surface area contributed by atoms with Crippen LogP contribution in [0.15, 0.2) is 0 Å². The number of urea groups is 2. The van der Waals surface area contributed by atoms with Gasteiger partial charge in [0.1, 0.15) is 0 Å². The highest BCUT2D eigenvalue weighted by atomic mass is 16.5. The molecule has 1 fully saturated rings. The molecular formula is C7H14N4O3. The number of hydrogen-bond donors (Lipinski definition) is 3. The number of rotatable bonds is 2. The molecule has 0 aromatic carbocycles. The predicted octanol–water partition coefficient (Wildman–Crippen LogP) is -0.266. The number of hydrogen-bond acceptors (Lipinski definition) is 4. The molecule has 1 heterocycles. The van der Waals surface area contributed by atoms with Crippen molar-refractivity contribution < 1.29 is 14.8 Å². The van der Waals surface area contributed by atoms with E-state index in [0.29, 0.717) is 5.06 Å². The van der Waals surface area contributed by atoms with Crippen molar-refractivity contribution in [3.63, 3.8) is 0 Å². The molecule has 1 saturated heterocycles. The van der Waals surface area contributed by atoms with Crippen LogP contribution >= 0.6 is 0 Å². The maximum atomic E-state index is 11.4. The third kappa shape index (κ3) is 1.64. The number of imide groups is 1. The van der Waals surface area contributed by atoms with Gasteiger partial charge in [-0.3, -0.25) is 10.5 Å². The molecule has 1 rings (SSSR count). The van der Waals surface area contributed by atoms with Crippen molar-refractivity contribution in [1.29, 1.82) is 0 Å². The third-order valence-corrected chi connectivity index (χ3v) is 1.92. The predicted molar refractivity (Wildman–Crippen MR) is 47.4 cm³/mol. The first-order valence-corrected chi connectivity index (χ1v) is 4.28. The van der Waals surface area contributed by atoms with Crippen LogP contribution in [0.1, 0.15) is 13.8 Å². The van der Waals surface area contributed by atoms with Crippen LogP contribution < -0.4 is 10.6 Å². The van der Waals surface area contributed by atoms with Gasteiger partial charge in [0, 0.05) is 6.04 Å². The molecule has 1 atom stereocenters. The first kappa shape index (κ1) is 10.7. The van der Waals surface area contributed by atoms with Crippen molar-refractivity contribution in [2.24, 2.45) is 0 Å². The normalized spacial score (nSPS) is 23.1. The van der Waals surface area contributed by atoms with Gasteiger partial charge in [-0.1, -0.05) is 0 Å². The van der Waals surface area contributed by atoms with Gasteiger partial charge in [0.25, 0.3) is 0 Å². The molecule has 7 nitrogen and oxygen atoms in total. The van der Waals surface area contributed by atoms with Crippen LogP contribution in [0.2, 0.25) is 0 Å². The molecule has 0 aromatic heterocycles. The van der Waals surface area contributed by atoms with Gasteiger partial charge >= 0.3 is 12.1 Å². The highest BCUT2D eigenvalue weighted by Gasteiger charge is 2.38. The van der Waals surface area contributed by atoms with Crippen LogP contribution in [-0.2, 0) is 0 Å². The lowest BCUT2D eigenvalue weighted by atomic mass is 10.3. The SMILES string of the molecule is CNC1NC(=O)N(C(C)C)C(=O)N1O. The molecule has 0 aliphatic carbocycles. The second-order valence-corrected chi connectivity index (χ2v) is 3.23. The summed E-state index contributed by atoms with van der Waals surface area (Å²) in [5, 5.41) is 14.8. The van der Waals surface area contributed by atoms with Gasteiger partial charge < -0.3 is 5.32 Å². The van der Waals surface area contributed by atoms with Crippen LogP contribution in [0.25, 0.3) is 0 Å². The molecule has 0 saturated carbocycles. The minimum Gasteiger partial charge on any atom is -0.303 e. The van der Waals surface area contributed by atoms with Crippen LogP contribution in [-0.4, -0.2) is 46.6 Å². The molecular weight excluding hydrogens is 188 g/mol. The Labute approximate surface area is 81.6 Å². The molecule has 14 heavy (non-hydrogen) atoms. The molecule has 0 radical (unpaired) electrons. The lowest BCUT2D eigenvalue weighted by molar-refractivity contribution is -0.113. The molecule has 1 aliphatic rings. The Morgan fingerprint density at radius 2 is 2.07 bits per heavy atom. The Balaban J connectivity index is 2.85. The standard InChI is InChI=1S/C7H14N4O3/c1-4(2)10-6(12)9-5(8-3)11(14)7(10)13/h4-5,8,14H,1-3H3,(H,9,12). The van der Waals surface area contributed by atoms with Gasteiger partial charge in [-0.05, 0) is 20.9 Å². The average Bonchev–Trinajstić information content (AvgIpc) is 2.10. The summed E-state index contributed by atoms with van der Waals surface area (Å²) in [4.78, 5) is 23.8. The fourth-order valence-corrected chi connectivity index (χ4v) is 1.21. The molecule has 0 bridgehead atoms. The van der Waals surface area contributed by atoms with E-state index in [2.05, 4.69) is 10.6 Å². The summed E-state index contributed by atoms with van der Waals surface area (Å²) < 4.78 is 0.